The van der Waals surface area contributed by atoms with Gasteiger partial charge in [0.15, 0.2) is 5.69 Å². The molecule has 158 valence electrons. The summed E-state index contributed by atoms with van der Waals surface area (Å²) in [6, 6.07) is 15.3. The Morgan fingerprint density at radius 3 is 2.39 bits per heavy atom. The molecule has 0 radical (unpaired) electrons. The van der Waals surface area contributed by atoms with Crippen molar-refractivity contribution in [3.8, 4) is 11.1 Å². The zero-order chi connectivity index (χ0) is 22.4. The molecule has 0 fully saturated rings. The number of amides is 1. The lowest BCUT2D eigenvalue weighted by molar-refractivity contribution is -0.137. The van der Waals surface area contributed by atoms with Crippen LogP contribution in [0.5, 0.6) is 0 Å². The second kappa shape index (κ2) is 9.82. The van der Waals surface area contributed by atoms with Crippen molar-refractivity contribution >= 4 is 29.4 Å². The molecule has 31 heavy (non-hydrogen) atoms. The first-order chi connectivity index (χ1) is 14.8. The SMILES string of the molecule is O=C(O)C[C@@H](Cc1ccc(-c2cccc(Cl)c2)cc1)NC(=O)c1nccc(C(=O)O)n1. The van der Waals surface area contributed by atoms with Crippen molar-refractivity contribution in [2.75, 3.05) is 0 Å². The first kappa shape index (κ1) is 21.9. The quantitative estimate of drug-likeness (QED) is 0.491. The van der Waals surface area contributed by atoms with Crippen molar-refractivity contribution in [1.82, 2.24) is 15.3 Å². The molecular weight excluding hydrogens is 422 g/mol. The summed E-state index contributed by atoms with van der Waals surface area (Å²) < 4.78 is 0. The van der Waals surface area contributed by atoms with E-state index in [-0.39, 0.29) is 24.4 Å². The van der Waals surface area contributed by atoms with E-state index >= 15 is 0 Å². The molecule has 0 bridgehead atoms. The van der Waals surface area contributed by atoms with Crippen LogP contribution in [0, 0.1) is 0 Å². The predicted molar refractivity (Wildman–Crippen MR) is 113 cm³/mol. The van der Waals surface area contributed by atoms with Crippen molar-refractivity contribution < 1.29 is 24.6 Å². The second-order valence-corrected chi connectivity index (χ2v) is 7.19. The Kier molecular flexibility index (Phi) is 6.94. The number of benzene rings is 2. The van der Waals surface area contributed by atoms with E-state index in [2.05, 4.69) is 15.3 Å². The number of aliphatic carboxylic acids is 1. The van der Waals surface area contributed by atoms with Gasteiger partial charge in [0.2, 0.25) is 5.82 Å². The molecule has 0 unspecified atom stereocenters. The molecule has 3 aromatic rings. The van der Waals surface area contributed by atoms with Gasteiger partial charge in [-0.25, -0.2) is 14.8 Å². The van der Waals surface area contributed by atoms with Crippen molar-refractivity contribution in [3.63, 3.8) is 0 Å². The molecule has 8 nitrogen and oxygen atoms in total. The number of hydrogen-bond donors (Lipinski definition) is 3. The van der Waals surface area contributed by atoms with E-state index in [1.165, 1.54) is 0 Å². The van der Waals surface area contributed by atoms with Gasteiger partial charge in [-0.15, -0.1) is 0 Å². The fraction of sp³-hybridized carbons (Fsp3) is 0.136. The maximum Gasteiger partial charge on any atom is 0.354 e. The topological polar surface area (TPSA) is 129 Å². The minimum Gasteiger partial charge on any atom is -0.481 e. The molecule has 1 heterocycles. The molecule has 0 saturated heterocycles. The summed E-state index contributed by atoms with van der Waals surface area (Å²) in [7, 11) is 0. The highest BCUT2D eigenvalue weighted by atomic mass is 35.5. The number of carboxylic acid groups (broad SMARTS) is 2. The van der Waals surface area contributed by atoms with Gasteiger partial charge in [-0.2, -0.15) is 0 Å². The van der Waals surface area contributed by atoms with Crippen molar-refractivity contribution in [2.45, 2.75) is 18.9 Å². The summed E-state index contributed by atoms with van der Waals surface area (Å²) in [4.78, 5) is 42.2. The second-order valence-electron chi connectivity index (χ2n) is 6.75. The Balaban J connectivity index is 1.74. The van der Waals surface area contributed by atoms with Gasteiger partial charge in [0, 0.05) is 17.3 Å². The van der Waals surface area contributed by atoms with Crippen LogP contribution in [-0.4, -0.2) is 44.1 Å². The highest BCUT2D eigenvalue weighted by molar-refractivity contribution is 6.30. The average Bonchev–Trinajstić information content (AvgIpc) is 2.74. The van der Waals surface area contributed by atoms with Crippen molar-refractivity contribution in [1.29, 1.82) is 0 Å². The van der Waals surface area contributed by atoms with Gasteiger partial charge < -0.3 is 15.5 Å². The molecule has 1 atom stereocenters. The van der Waals surface area contributed by atoms with Gasteiger partial charge in [-0.05, 0) is 41.3 Å². The minimum atomic E-state index is -1.29. The third-order valence-electron chi connectivity index (χ3n) is 4.43. The van der Waals surface area contributed by atoms with E-state index < -0.39 is 23.9 Å². The monoisotopic (exact) mass is 439 g/mol. The number of aromatic carboxylic acids is 1. The third kappa shape index (κ3) is 6.10. The first-order valence-electron chi connectivity index (χ1n) is 9.25. The number of carbonyl (C=O) groups excluding carboxylic acids is 1. The molecule has 1 amide bonds. The molecule has 0 aliphatic heterocycles. The fourth-order valence-corrected chi connectivity index (χ4v) is 3.20. The third-order valence-corrected chi connectivity index (χ3v) is 4.66. The lowest BCUT2D eigenvalue weighted by Crippen LogP contribution is -2.39. The number of hydrogen-bond acceptors (Lipinski definition) is 5. The Hall–Kier alpha value is -3.78. The average molecular weight is 440 g/mol. The van der Waals surface area contributed by atoms with Crippen LogP contribution in [0.25, 0.3) is 11.1 Å². The normalized spacial score (nSPS) is 11.5. The zero-order valence-electron chi connectivity index (χ0n) is 16.2. The molecule has 3 N–H and O–H groups in total. The van der Waals surface area contributed by atoms with E-state index in [0.29, 0.717) is 5.02 Å². The number of nitrogens with one attached hydrogen (secondary N) is 1. The standard InChI is InChI=1S/C22H18ClN3O5/c23-16-3-1-2-15(11-16)14-6-4-13(5-7-14)10-17(12-19(27)28)25-21(29)20-24-9-8-18(26-20)22(30)31/h1-9,11,17H,10,12H2,(H,25,29)(H,27,28)(H,30,31)/t17-/m1/s1. The number of aromatic nitrogens is 2. The molecule has 0 spiro atoms. The summed E-state index contributed by atoms with van der Waals surface area (Å²) in [5.74, 6) is -3.46. The van der Waals surface area contributed by atoms with Crippen molar-refractivity contribution in [3.05, 3.63) is 82.9 Å². The highest BCUT2D eigenvalue weighted by Gasteiger charge is 2.20. The van der Waals surface area contributed by atoms with Gasteiger partial charge in [0.25, 0.3) is 5.91 Å². The maximum absolute atomic E-state index is 12.4. The van der Waals surface area contributed by atoms with E-state index in [1.807, 2.05) is 42.5 Å². The van der Waals surface area contributed by atoms with Crippen LogP contribution in [0.4, 0.5) is 0 Å². The van der Waals surface area contributed by atoms with Crippen LogP contribution in [0.15, 0.2) is 60.8 Å². The van der Waals surface area contributed by atoms with Crippen LogP contribution in [0.3, 0.4) is 0 Å². The van der Waals surface area contributed by atoms with Crippen LogP contribution in [0.1, 0.15) is 33.1 Å². The molecule has 0 aliphatic carbocycles. The van der Waals surface area contributed by atoms with Crippen LogP contribution < -0.4 is 5.32 Å². The number of nitrogens with zero attached hydrogens (tertiary/aromatic N) is 2. The van der Waals surface area contributed by atoms with Gasteiger partial charge in [0.1, 0.15) is 0 Å². The van der Waals surface area contributed by atoms with E-state index in [4.69, 9.17) is 16.7 Å². The maximum atomic E-state index is 12.4. The zero-order valence-corrected chi connectivity index (χ0v) is 16.9. The number of halogens is 1. The van der Waals surface area contributed by atoms with Crippen molar-refractivity contribution in [2.24, 2.45) is 0 Å². The highest BCUT2D eigenvalue weighted by Crippen LogP contribution is 2.23. The Labute approximate surface area is 182 Å². The summed E-state index contributed by atoms with van der Waals surface area (Å²) in [5.41, 5.74) is 2.39. The number of carbonyl (C=O) groups is 3. The minimum absolute atomic E-state index is 0.256. The summed E-state index contributed by atoms with van der Waals surface area (Å²) in [5, 5.41) is 21.4. The van der Waals surface area contributed by atoms with Crippen LogP contribution in [0.2, 0.25) is 5.02 Å². The van der Waals surface area contributed by atoms with Crippen LogP contribution in [-0.2, 0) is 11.2 Å². The smallest absolute Gasteiger partial charge is 0.354 e. The summed E-state index contributed by atoms with van der Waals surface area (Å²) >= 11 is 6.03. The fourth-order valence-electron chi connectivity index (χ4n) is 3.01. The molecule has 2 aromatic carbocycles. The molecule has 9 heteroatoms. The van der Waals surface area contributed by atoms with Gasteiger partial charge in [0.05, 0.1) is 6.42 Å². The first-order valence-corrected chi connectivity index (χ1v) is 9.63. The molecule has 0 saturated carbocycles. The molecule has 3 rings (SSSR count). The Morgan fingerprint density at radius 2 is 1.74 bits per heavy atom. The van der Waals surface area contributed by atoms with Gasteiger partial charge >= 0.3 is 11.9 Å². The number of rotatable bonds is 8. The largest absolute Gasteiger partial charge is 0.481 e. The molecule has 1 aromatic heterocycles. The molecule has 0 aliphatic rings. The van der Waals surface area contributed by atoms with E-state index in [1.54, 1.807) is 6.07 Å². The Morgan fingerprint density at radius 1 is 1.00 bits per heavy atom. The van der Waals surface area contributed by atoms with E-state index in [9.17, 15) is 19.5 Å². The lowest BCUT2D eigenvalue weighted by Gasteiger charge is -2.17. The van der Waals surface area contributed by atoms with Crippen LogP contribution >= 0.6 is 11.6 Å². The summed E-state index contributed by atoms with van der Waals surface area (Å²) in [6.45, 7) is 0. The molecular formula is C22H18ClN3O5. The summed E-state index contributed by atoms with van der Waals surface area (Å²) in [6.07, 6.45) is 1.10. The predicted octanol–water partition coefficient (Wildman–Crippen LogP) is 3.31. The van der Waals surface area contributed by atoms with Gasteiger partial charge in [-0.3, -0.25) is 9.59 Å². The number of carboxylic acids is 2. The van der Waals surface area contributed by atoms with Gasteiger partial charge in [-0.1, -0.05) is 48.0 Å². The lowest BCUT2D eigenvalue weighted by atomic mass is 9.99. The Bertz CT molecular complexity index is 1120. The van der Waals surface area contributed by atoms with E-state index in [0.717, 1.165) is 29.0 Å².